The van der Waals surface area contributed by atoms with Crippen molar-refractivity contribution in [1.82, 2.24) is 10.6 Å². The van der Waals surface area contributed by atoms with Gasteiger partial charge in [-0.3, -0.25) is 9.59 Å². The van der Waals surface area contributed by atoms with Crippen molar-refractivity contribution in [2.75, 3.05) is 20.3 Å². The first kappa shape index (κ1) is 20.1. The summed E-state index contributed by atoms with van der Waals surface area (Å²) in [4.78, 5) is 23.7. The van der Waals surface area contributed by atoms with Crippen LogP contribution < -0.4 is 20.1 Å². The van der Waals surface area contributed by atoms with E-state index in [2.05, 4.69) is 10.6 Å². The van der Waals surface area contributed by atoms with E-state index in [0.717, 1.165) is 6.42 Å². The van der Waals surface area contributed by atoms with Crippen molar-refractivity contribution in [2.24, 2.45) is 0 Å². The Hall–Kier alpha value is -1.95. The zero-order chi connectivity index (χ0) is 18.1. The number of nitrogens with one attached hydrogen (secondary N) is 2. The minimum Gasteiger partial charge on any atom is -0.493 e. The van der Waals surface area contributed by atoms with E-state index in [4.69, 9.17) is 21.1 Å². The third-order valence-corrected chi connectivity index (χ3v) is 3.31. The van der Waals surface area contributed by atoms with E-state index in [1.807, 2.05) is 20.8 Å². The Morgan fingerprint density at radius 3 is 2.58 bits per heavy atom. The first-order valence-electron chi connectivity index (χ1n) is 7.96. The second-order valence-corrected chi connectivity index (χ2v) is 5.97. The van der Waals surface area contributed by atoms with Gasteiger partial charge in [-0.05, 0) is 32.4 Å². The minimum absolute atomic E-state index is 0.0759. The van der Waals surface area contributed by atoms with E-state index in [0.29, 0.717) is 28.7 Å². The fraction of sp³-hybridized carbons (Fsp3) is 0.529. The lowest BCUT2D eigenvalue weighted by molar-refractivity contribution is -0.121. The number of carbonyl (C=O) groups is 2. The van der Waals surface area contributed by atoms with Crippen LogP contribution in [0.3, 0.4) is 0 Å². The molecule has 2 amide bonds. The van der Waals surface area contributed by atoms with Crippen LogP contribution in [0.4, 0.5) is 0 Å². The second-order valence-electron chi connectivity index (χ2n) is 5.57. The van der Waals surface area contributed by atoms with Gasteiger partial charge in [0, 0.05) is 24.6 Å². The number of hydrogen-bond donors (Lipinski definition) is 2. The molecule has 1 rings (SSSR count). The number of ether oxygens (including phenoxy) is 2. The van der Waals surface area contributed by atoms with Crippen molar-refractivity contribution in [1.29, 1.82) is 0 Å². The van der Waals surface area contributed by atoms with Crippen LogP contribution in [-0.2, 0) is 4.79 Å². The second kappa shape index (κ2) is 10.0. The van der Waals surface area contributed by atoms with Gasteiger partial charge >= 0.3 is 0 Å². The number of rotatable bonds is 9. The Kier molecular flexibility index (Phi) is 8.40. The van der Waals surface area contributed by atoms with Crippen LogP contribution in [0.5, 0.6) is 11.5 Å². The van der Waals surface area contributed by atoms with Gasteiger partial charge in [0.2, 0.25) is 5.91 Å². The average Bonchev–Trinajstić information content (AvgIpc) is 2.52. The normalized spacial score (nSPS) is 10.4. The molecule has 0 aliphatic rings. The molecule has 6 nitrogen and oxygen atoms in total. The third-order valence-electron chi connectivity index (χ3n) is 3.03. The van der Waals surface area contributed by atoms with Gasteiger partial charge in [-0.15, -0.1) is 0 Å². The summed E-state index contributed by atoms with van der Waals surface area (Å²) in [5.41, 5.74) is 0.352. The first-order chi connectivity index (χ1) is 11.4. The molecule has 0 atom stereocenters. The van der Waals surface area contributed by atoms with Crippen LogP contribution in [0.15, 0.2) is 12.1 Å². The molecule has 1 aromatic rings. The monoisotopic (exact) mass is 356 g/mol. The lowest BCUT2D eigenvalue weighted by Crippen LogP contribution is -2.34. The highest BCUT2D eigenvalue weighted by Crippen LogP contribution is 2.36. The lowest BCUT2D eigenvalue weighted by atomic mass is 10.2. The summed E-state index contributed by atoms with van der Waals surface area (Å²) in [6.45, 7) is 6.50. The maximum atomic E-state index is 12.2. The third kappa shape index (κ3) is 6.28. The lowest BCUT2D eigenvalue weighted by Gasteiger charge is -2.14. The van der Waals surface area contributed by atoms with Crippen LogP contribution in [0.25, 0.3) is 0 Å². The maximum Gasteiger partial charge on any atom is 0.251 e. The molecule has 1 aromatic carbocycles. The van der Waals surface area contributed by atoms with Crippen LogP contribution in [0.1, 0.15) is 44.0 Å². The van der Waals surface area contributed by atoms with E-state index in [9.17, 15) is 9.59 Å². The first-order valence-corrected chi connectivity index (χ1v) is 8.34. The van der Waals surface area contributed by atoms with Gasteiger partial charge in [0.05, 0.1) is 18.7 Å². The zero-order valence-electron chi connectivity index (χ0n) is 14.6. The summed E-state index contributed by atoms with van der Waals surface area (Å²) < 4.78 is 10.8. The van der Waals surface area contributed by atoms with Crippen LogP contribution >= 0.6 is 11.6 Å². The molecular weight excluding hydrogens is 332 g/mol. The number of methoxy groups -OCH3 is 1. The zero-order valence-corrected chi connectivity index (χ0v) is 15.3. The molecule has 0 saturated heterocycles. The fourth-order valence-corrected chi connectivity index (χ4v) is 2.25. The van der Waals surface area contributed by atoms with E-state index < -0.39 is 0 Å². The Labute approximate surface area is 147 Å². The van der Waals surface area contributed by atoms with Crippen LogP contribution in [0, 0.1) is 0 Å². The van der Waals surface area contributed by atoms with Crippen molar-refractivity contribution in [3.8, 4) is 11.5 Å². The fourth-order valence-electron chi connectivity index (χ4n) is 1.98. The standard InChI is InChI=1S/C17H25ClN2O4/c1-5-8-24-16-13(18)9-12(10-14(16)23-4)17(22)19-7-6-15(21)20-11(2)3/h9-11H,5-8H2,1-4H3,(H,19,22)(H,20,21). The van der Waals surface area contributed by atoms with Crippen molar-refractivity contribution in [2.45, 2.75) is 39.7 Å². The van der Waals surface area contributed by atoms with Crippen molar-refractivity contribution >= 4 is 23.4 Å². The molecule has 0 aromatic heterocycles. The van der Waals surface area contributed by atoms with E-state index >= 15 is 0 Å². The Morgan fingerprint density at radius 1 is 1.29 bits per heavy atom. The molecule has 7 heteroatoms. The largest absolute Gasteiger partial charge is 0.493 e. The van der Waals surface area contributed by atoms with Crippen molar-refractivity contribution < 1.29 is 19.1 Å². The molecule has 2 N–H and O–H groups in total. The number of benzene rings is 1. The summed E-state index contributed by atoms with van der Waals surface area (Å²) in [6, 6.07) is 3.17. The van der Waals surface area contributed by atoms with Crippen molar-refractivity contribution in [3.63, 3.8) is 0 Å². The summed E-state index contributed by atoms with van der Waals surface area (Å²) in [5, 5.41) is 5.76. The quantitative estimate of drug-likeness (QED) is 0.713. The van der Waals surface area contributed by atoms with Gasteiger partial charge < -0.3 is 20.1 Å². The Morgan fingerprint density at radius 2 is 2.00 bits per heavy atom. The van der Waals surface area contributed by atoms with Crippen LogP contribution in [0.2, 0.25) is 5.02 Å². The highest BCUT2D eigenvalue weighted by molar-refractivity contribution is 6.32. The Balaban J connectivity index is 2.70. The summed E-state index contributed by atoms with van der Waals surface area (Å²) >= 11 is 6.19. The predicted octanol–water partition coefficient (Wildman–Crippen LogP) is 2.78. The molecule has 0 aliphatic carbocycles. The minimum atomic E-state index is -0.324. The summed E-state index contributed by atoms with van der Waals surface area (Å²) in [7, 11) is 1.49. The molecule has 0 radical (unpaired) electrons. The molecule has 0 heterocycles. The van der Waals surface area contributed by atoms with Gasteiger partial charge in [-0.1, -0.05) is 18.5 Å². The molecule has 134 valence electrons. The van der Waals surface area contributed by atoms with Gasteiger partial charge in [0.1, 0.15) is 0 Å². The number of halogens is 1. The van der Waals surface area contributed by atoms with E-state index in [1.54, 1.807) is 6.07 Å². The van der Waals surface area contributed by atoms with Gasteiger partial charge in [0.15, 0.2) is 11.5 Å². The molecule has 0 unspecified atom stereocenters. The molecule has 0 spiro atoms. The molecule has 0 fully saturated rings. The molecular formula is C17H25ClN2O4. The van der Waals surface area contributed by atoms with Gasteiger partial charge in [-0.2, -0.15) is 0 Å². The SMILES string of the molecule is CCCOc1c(Cl)cc(C(=O)NCCC(=O)NC(C)C)cc1OC. The highest BCUT2D eigenvalue weighted by Gasteiger charge is 2.16. The topological polar surface area (TPSA) is 76.7 Å². The molecule has 24 heavy (non-hydrogen) atoms. The summed E-state index contributed by atoms with van der Waals surface area (Å²) in [5.74, 6) is 0.395. The molecule has 0 aliphatic heterocycles. The van der Waals surface area contributed by atoms with E-state index in [-0.39, 0.29) is 30.8 Å². The maximum absolute atomic E-state index is 12.2. The number of carbonyl (C=O) groups excluding carboxylic acids is 2. The predicted molar refractivity (Wildman–Crippen MR) is 94.0 cm³/mol. The van der Waals surface area contributed by atoms with Gasteiger partial charge in [0.25, 0.3) is 5.91 Å². The smallest absolute Gasteiger partial charge is 0.251 e. The highest BCUT2D eigenvalue weighted by atomic mass is 35.5. The Bertz CT molecular complexity index is 576. The summed E-state index contributed by atoms with van der Waals surface area (Å²) in [6.07, 6.45) is 1.05. The van der Waals surface area contributed by atoms with E-state index in [1.165, 1.54) is 13.2 Å². The number of amides is 2. The van der Waals surface area contributed by atoms with Crippen molar-refractivity contribution in [3.05, 3.63) is 22.7 Å². The van der Waals surface area contributed by atoms with Gasteiger partial charge in [-0.25, -0.2) is 0 Å². The molecule has 0 saturated carbocycles. The number of hydrogen-bond acceptors (Lipinski definition) is 4. The van der Waals surface area contributed by atoms with Crippen LogP contribution in [-0.4, -0.2) is 38.1 Å². The average molecular weight is 357 g/mol. The molecule has 0 bridgehead atoms.